The Bertz CT molecular complexity index is 556. The molecule has 5 nitrogen and oxygen atoms in total. The number of aryl methyl sites for hydroxylation is 2. The summed E-state index contributed by atoms with van der Waals surface area (Å²) >= 11 is 0. The number of anilines is 1. The van der Waals surface area contributed by atoms with Crippen molar-refractivity contribution >= 4 is 5.82 Å². The van der Waals surface area contributed by atoms with E-state index < -0.39 is 0 Å². The van der Waals surface area contributed by atoms with Crippen molar-refractivity contribution in [3.63, 3.8) is 0 Å². The lowest BCUT2D eigenvalue weighted by atomic mass is 10.1. The van der Waals surface area contributed by atoms with E-state index in [1.165, 1.54) is 0 Å². The van der Waals surface area contributed by atoms with Crippen LogP contribution in [0, 0.1) is 6.92 Å². The number of hydrogen-bond donors (Lipinski definition) is 1. The predicted octanol–water partition coefficient (Wildman–Crippen LogP) is 2.41. The highest BCUT2D eigenvalue weighted by Gasteiger charge is 2.23. The highest BCUT2D eigenvalue weighted by Crippen LogP contribution is 2.30. The Labute approximate surface area is 108 Å². The van der Waals surface area contributed by atoms with Crippen molar-refractivity contribution in [2.45, 2.75) is 46.7 Å². The smallest absolute Gasteiger partial charge is 0.132 e. The summed E-state index contributed by atoms with van der Waals surface area (Å²) in [6.07, 6.45) is 3.79. The summed E-state index contributed by atoms with van der Waals surface area (Å²) in [7, 11) is 0. The van der Waals surface area contributed by atoms with Crippen LogP contribution in [-0.2, 0) is 12.1 Å². The van der Waals surface area contributed by atoms with Crippen LogP contribution >= 0.6 is 0 Å². The molecule has 0 radical (unpaired) electrons. The van der Waals surface area contributed by atoms with E-state index in [4.69, 9.17) is 5.73 Å². The van der Waals surface area contributed by atoms with Crippen LogP contribution in [0.25, 0.3) is 11.3 Å². The van der Waals surface area contributed by atoms with Gasteiger partial charge in [0.2, 0.25) is 0 Å². The van der Waals surface area contributed by atoms with Gasteiger partial charge < -0.3 is 10.3 Å². The van der Waals surface area contributed by atoms with Gasteiger partial charge in [-0.3, -0.25) is 4.68 Å². The van der Waals surface area contributed by atoms with Crippen LogP contribution < -0.4 is 5.73 Å². The zero-order chi connectivity index (χ0) is 13.5. The van der Waals surface area contributed by atoms with Gasteiger partial charge in [0.1, 0.15) is 17.3 Å². The Morgan fingerprint density at radius 1 is 1.33 bits per heavy atom. The molecule has 2 rings (SSSR count). The van der Waals surface area contributed by atoms with Crippen molar-refractivity contribution < 1.29 is 0 Å². The SMILES string of the molecule is CCn1cc(-c2nc(C)n(C(C)(C)C)c2N)cn1. The van der Waals surface area contributed by atoms with E-state index in [0.717, 1.165) is 23.6 Å². The summed E-state index contributed by atoms with van der Waals surface area (Å²) in [5.74, 6) is 1.63. The monoisotopic (exact) mass is 247 g/mol. The molecule has 0 aliphatic carbocycles. The second kappa shape index (κ2) is 4.15. The Morgan fingerprint density at radius 3 is 2.44 bits per heavy atom. The average Bonchev–Trinajstić information content (AvgIpc) is 2.81. The average molecular weight is 247 g/mol. The van der Waals surface area contributed by atoms with E-state index in [1.807, 2.05) is 24.0 Å². The van der Waals surface area contributed by atoms with Gasteiger partial charge in [0.05, 0.1) is 6.20 Å². The van der Waals surface area contributed by atoms with Gasteiger partial charge in [0.25, 0.3) is 0 Å². The zero-order valence-electron chi connectivity index (χ0n) is 11.7. The molecule has 0 saturated carbocycles. The van der Waals surface area contributed by atoms with Gasteiger partial charge in [-0.2, -0.15) is 5.10 Å². The van der Waals surface area contributed by atoms with Crippen LogP contribution in [0.4, 0.5) is 5.82 Å². The largest absolute Gasteiger partial charge is 0.383 e. The predicted molar refractivity (Wildman–Crippen MR) is 73.3 cm³/mol. The minimum absolute atomic E-state index is 0.0693. The number of hydrogen-bond acceptors (Lipinski definition) is 3. The van der Waals surface area contributed by atoms with Gasteiger partial charge in [-0.15, -0.1) is 0 Å². The second-order valence-corrected chi connectivity index (χ2v) is 5.48. The number of nitrogens with two attached hydrogens (primary N) is 1. The van der Waals surface area contributed by atoms with Crippen LogP contribution in [0.5, 0.6) is 0 Å². The molecular formula is C13H21N5. The van der Waals surface area contributed by atoms with Gasteiger partial charge >= 0.3 is 0 Å². The molecule has 0 bridgehead atoms. The minimum atomic E-state index is -0.0693. The molecule has 2 N–H and O–H groups in total. The molecule has 0 amide bonds. The topological polar surface area (TPSA) is 61.7 Å². The zero-order valence-corrected chi connectivity index (χ0v) is 11.7. The molecule has 0 unspecified atom stereocenters. The molecule has 0 spiro atoms. The summed E-state index contributed by atoms with van der Waals surface area (Å²) in [6, 6.07) is 0. The Balaban J connectivity index is 2.54. The number of imidazole rings is 1. The summed E-state index contributed by atoms with van der Waals surface area (Å²) in [5, 5.41) is 4.27. The maximum Gasteiger partial charge on any atom is 0.132 e. The molecule has 0 saturated heterocycles. The third-order valence-electron chi connectivity index (χ3n) is 2.98. The van der Waals surface area contributed by atoms with Crippen molar-refractivity contribution in [2.75, 3.05) is 5.73 Å². The first kappa shape index (κ1) is 12.7. The van der Waals surface area contributed by atoms with Gasteiger partial charge in [0.15, 0.2) is 0 Å². The maximum absolute atomic E-state index is 6.24. The minimum Gasteiger partial charge on any atom is -0.383 e. The molecule has 0 aliphatic rings. The van der Waals surface area contributed by atoms with Crippen molar-refractivity contribution in [3.8, 4) is 11.3 Å². The molecule has 0 fully saturated rings. The van der Waals surface area contributed by atoms with E-state index in [0.29, 0.717) is 5.82 Å². The Morgan fingerprint density at radius 2 is 2.00 bits per heavy atom. The van der Waals surface area contributed by atoms with Crippen molar-refractivity contribution in [2.24, 2.45) is 0 Å². The first-order chi connectivity index (χ1) is 8.34. The quantitative estimate of drug-likeness (QED) is 0.886. The highest BCUT2D eigenvalue weighted by atomic mass is 15.3. The molecule has 2 heterocycles. The summed E-state index contributed by atoms with van der Waals surface area (Å²) in [5.41, 5.74) is 7.96. The number of rotatable bonds is 2. The highest BCUT2D eigenvalue weighted by molar-refractivity contribution is 5.70. The molecule has 0 aromatic carbocycles. The molecule has 2 aromatic heterocycles. The summed E-state index contributed by atoms with van der Waals surface area (Å²) < 4.78 is 3.94. The fourth-order valence-electron chi connectivity index (χ4n) is 2.27. The van der Waals surface area contributed by atoms with E-state index in [1.54, 1.807) is 0 Å². The molecule has 98 valence electrons. The molecule has 18 heavy (non-hydrogen) atoms. The van der Waals surface area contributed by atoms with E-state index in [-0.39, 0.29) is 5.54 Å². The first-order valence-corrected chi connectivity index (χ1v) is 6.22. The van der Waals surface area contributed by atoms with Crippen LogP contribution in [0.1, 0.15) is 33.5 Å². The van der Waals surface area contributed by atoms with E-state index in [9.17, 15) is 0 Å². The van der Waals surface area contributed by atoms with Crippen LogP contribution in [-0.4, -0.2) is 19.3 Å². The first-order valence-electron chi connectivity index (χ1n) is 6.22. The summed E-state index contributed by atoms with van der Waals surface area (Å²) in [6.45, 7) is 11.2. The van der Waals surface area contributed by atoms with Crippen LogP contribution in [0.15, 0.2) is 12.4 Å². The van der Waals surface area contributed by atoms with Crippen LogP contribution in [0.3, 0.4) is 0 Å². The lowest BCUT2D eigenvalue weighted by molar-refractivity contribution is 0.393. The fraction of sp³-hybridized carbons (Fsp3) is 0.538. The van der Waals surface area contributed by atoms with Crippen molar-refractivity contribution in [1.29, 1.82) is 0 Å². The van der Waals surface area contributed by atoms with Gasteiger partial charge in [-0.05, 0) is 34.6 Å². The Kier molecular flexibility index (Phi) is 2.92. The third-order valence-corrected chi connectivity index (χ3v) is 2.98. The van der Waals surface area contributed by atoms with Crippen LogP contribution in [0.2, 0.25) is 0 Å². The van der Waals surface area contributed by atoms with Crippen molar-refractivity contribution in [3.05, 3.63) is 18.2 Å². The molecule has 0 aliphatic heterocycles. The molecule has 5 heteroatoms. The molecule has 0 atom stereocenters. The second-order valence-electron chi connectivity index (χ2n) is 5.48. The normalized spacial score (nSPS) is 12.1. The molecular weight excluding hydrogens is 226 g/mol. The lowest BCUT2D eigenvalue weighted by Crippen LogP contribution is -2.24. The van der Waals surface area contributed by atoms with E-state index >= 15 is 0 Å². The van der Waals surface area contributed by atoms with Gasteiger partial charge in [-0.25, -0.2) is 4.98 Å². The summed E-state index contributed by atoms with van der Waals surface area (Å²) in [4.78, 5) is 4.58. The van der Waals surface area contributed by atoms with Gasteiger partial charge in [0, 0.05) is 23.8 Å². The Hall–Kier alpha value is -1.78. The number of aromatic nitrogens is 4. The van der Waals surface area contributed by atoms with Crippen molar-refractivity contribution in [1.82, 2.24) is 19.3 Å². The van der Waals surface area contributed by atoms with Gasteiger partial charge in [-0.1, -0.05) is 0 Å². The maximum atomic E-state index is 6.24. The standard InChI is InChI=1S/C13H21N5/c1-6-17-8-10(7-15-17)11-12(14)18(9(2)16-11)13(3,4)5/h7-8H,6,14H2,1-5H3. The van der Waals surface area contributed by atoms with E-state index in [2.05, 4.69) is 42.3 Å². The fourth-order valence-corrected chi connectivity index (χ4v) is 2.27. The third kappa shape index (κ3) is 2.00. The molecule has 2 aromatic rings. The number of nitrogen functional groups attached to an aromatic ring is 1. The lowest BCUT2D eigenvalue weighted by Gasteiger charge is -2.24. The number of nitrogens with zero attached hydrogens (tertiary/aromatic N) is 4.